The summed E-state index contributed by atoms with van der Waals surface area (Å²) in [5, 5.41) is 0. The van der Waals surface area contributed by atoms with Gasteiger partial charge in [-0.2, -0.15) is 0 Å². The average Bonchev–Trinajstić information content (AvgIpc) is 2.52. The zero-order chi connectivity index (χ0) is 11.0. The number of fused-ring (bicyclic) bond motifs is 1. The fraction of sp³-hybridized carbons (Fsp3) is 0.364. The van der Waals surface area contributed by atoms with Crippen molar-refractivity contribution in [2.45, 2.75) is 19.4 Å². The number of carbonyl (C=O) groups is 1. The van der Waals surface area contributed by atoms with Gasteiger partial charge in [-0.25, -0.2) is 4.39 Å². The summed E-state index contributed by atoms with van der Waals surface area (Å²) in [6.45, 7) is 1.17. The average molecular weight is 264 g/mol. The number of nitrogen functional groups attached to an aromatic ring is 1. The van der Waals surface area contributed by atoms with Crippen molar-refractivity contribution in [3.05, 3.63) is 23.8 Å². The number of nitrogens with zero attached hydrogens (tertiary/aromatic N) is 1. The van der Waals surface area contributed by atoms with E-state index in [1.165, 1.54) is 4.90 Å². The number of amides is 1. The second-order valence-electron chi connectivity index (χ2n) is 3.83. The summed E-state index contributed by atoms with van der Waals surface area (Å²) >= 11 is 0. The number of hydrogen-bond acceptors (Lipinski definition) is 2. The van der Waals surface area contributed by atoms with Gasteiger partial charge in [-0.3, -0.25) is 4.79 Å². The summed E-state index contributed by atoms with van der Waals surface area (Å²) in [4.78, 5) is 13.2. The molecule has 0 aliphatic carbocycles. The summed E-state index contributed by atoms with van der Waals surface area (Å²) in [7, 11) is 0. The molecule has 1 heterocycles. The van der Waals surface area contributed by atoms with Gasteiger partial charge in [0.25, 0.3) is 0 Å². The third-order valence-electron chi connectivity index (χ3n) is 2.64. The molecular formula is C11H13FFeN2O+2. The molecule has 2 rings (SSSR count). The van der Waals surface area contributed by atoms with Crippen molar-refractivity contribution in [3.63, 3.8) is 0 Å². The second-order valence-corrected chi connectivity index (χ2v) is 3.83. The smallest absolute Gasteiger partial charge is 0.399 e. The van der Waals surface area contributed by atoms with Gasteiger partial charge in [0.2, 0.25) is 5.91 Å². The first-order valence-electron chi connectivity index (χ1n) is 4.90. The Kier molecular flexibility index (Phi) is 3.94. The molecule has 1 amide bonds. The summed E-state index contributed by atoms with van der Waals surface area (Å²) in [6.07, 6.45) is 0.324. The van der Waals surface area contributed by atoms with Crippen LogP contribution in [0.3, 0.4) is 0 Å². The van der Waals surface area contributed by atoms with Gasteiger partial charge in [-0.15, -0.1) is 0 Å². The van der Waals surface area contributed by atoms with Gasteiger partial charge < -0.3 is 10.6 Å². The Balaban J connectivity index is 0.00000128. The van der Waals surface area contributed by atoms with Gasteiger partial charge in [0, 0.05) is 11.4 Å². The first kappa shape index (κ1) is 13.0. The summed E-state index contributed by atoms with van der Waals surface area (Å²) in [5.74, 6) is -0.0549. The number of alkyl halides is 1. The largest absolute Gasteiger partial charge is 2.00 e. The van der Waals surface area contributed by atoms with Crippen molar-refractivity contribution >= 4 is 17.3 Å². The molecule has 0 fully saturated rings. The summed E-state index contributed by atoms with van der Waals surface area (Å²) in [6, 6.07) is 4.89. The molecule has 1 aliphatic rings. The first-order valence-corrected chi connectivity index (χ1v) is 4.90. The number of benzene rings is 1. The van der Waals surface area contributed by atoms with Gasteiger partial charge in [0.15, 0.2) is 0 Å². The van der Waals surface area contributed by atoms with Gasteiger partial charge in [-0.1, -0.05) is 0 Å². The molecule has 3 nitrogen and oxygen atoms in total. The van der Waals surface area contributed by atoms with Crippen LogP contribution in [-0.4, -0.2) is 18.6 Å². The van der Waals surface area contributed by atoms with E-state index in [2.05, 4.69) is 0 Å². The van der Waals surface area contributed by atoms with E-state index in [1.54, 1.807) is 25.1 Å². The molecule has 2 N–H and O–H groups in total. The van der Waals surface area contributed by atoms with E-state index < -0.39 is 12.7 Å². The number of hydrogen-bond donors (Lipinski definition) is 1. The Morgan fingerprint density at radius 3 is 2.88 bits per heavy atom. The molecule has 5 heteroatoms. The molecule has 16 heavy (non-hydrogen) atoms. The number of anilines is 2. The molecule has 0 spiro atoms. The monoisotopic (exact) mass is 264 g/mol. The zero-order valence-electron chi connectivity index (χ0n) is 8.89. The van der Waals surface area contributed by atoms with Crippen molar-refractivity contribution in [3.8, 4) is 0 Å². The Labute approximate surface area is 104 Å². The van der Waals surface area contributed by atoms with Crippen LogP contribution >= 0.6 is 0 Å². The van der Waals surface area contributed by atoms with Crippen LogP contribution in [0, 0.1) is 0 Å². The molecule has 1 unspecified atom stereocenters. The van der Waals surface area contributed by atoms with Crippen LogP contribution < -0.4 is 10.6 Å². The maximum Gasteiger partial charge on any atom is 2.00 e. The van der Waals surface area contributed by atoms with Crippen molar-refractivity contribution in [2.24, 2.45) is 0 Å². The van der Waals surface area contributed by atoms with E-state index in [-0.39, 0.29) is 23.0 Å². The van der Waals surface area contributed by atoms with Crippen LogP contribution in [-0.2, 0) is 28.3 Å². The number of halogens is 1. The number of nitrogens with two attached hydrogens (primary N) is 1. The van der Waals surface area contributed by atoms with Crippen LogP contribution in [0.15, 0.2) is 18.2 Å². The Bertz CT molecular complexity index is 411. The molecule has 0 bridgehead atoms. The minimum atomic E-state index is -0.532. The standard InChI is InChI=1S/C11H13FN2O.Fe/c1-7(6-12)14-10-3-2-9(13)4-8(10)5-11(14)15;/h2-4,7H,5-6,13H2,1H3;/q;+2. The van der Waals surface area contributed by atoms with Crippen LogP contribution in [0.2, 0.25) is 0 Å². The Hall–Kier alpha value is -1.06. The SMILES string of the molecule is CC(CF)N1C(=O)Cc2cc(N)ccc21.[Fe+2]. The van der Waals surface area contributed by atoms with E-state index >= 15 is 0 Å². The molecule has 0 saturated heterocycles. The van der Waals surface area contributed by atoms with Crippen LogP contribution in [0.25, 0.3) is 0 Å². The maximum atomic E-state index is 12.6. The number of rotatable bonds is 2. The first-order chi connectivity index (χ1) is 7.13. The fourth-order valence-electron chi connectivity index (χ4n) is 1.92. The van der Waals surface area contributed by atoms with E-state index in [4.69, 9.17) is 5.73 Å². The third-order valence-corrected chi connectivity index (χ3v) is 2.64. The van der Waals surface area contributed by atoms with E-state index in [1.807, 2.05) is 0 Å². The molecule has 0 radical (unpaired) electrons. The maximum absolute atomic E-state index is 12.6. The molecule has 0 aromatic heterocycles. The van der Waals surface area contributed by atoms with Crippen molar-refractivity contribution in [1.82, 2.24) is 0 Å². The summed E-state index contributed by atoms with van der Waals surface area (Å²) in [5.41, 5.74) is 7.94. The molecule has 0 saturated carbocycles. The molecule has 1 aromatic rings. The van der Waals surface area contributed by atoms with Crippen LogP contribution in [0.4, 0.5) is 15.8 Å². The normalized spacial score (nSPS) is 15.6. The van der Waals surface area contributed by atoms with Gasteiger partial charge >= 0.3 is 17.1 Å². The predicted octanol–water partition coefficient (Wildman–Crippen LogP) is 1.51. The summed E-state index contributed by atoms with van der Waals surface area (Å²) < 4.78 is 12.6. The number of carbonyl (C=O) groups excluding carboxylic acids is 1. The molecular weight excluding hydrogens is 251 g/mol. The predicted molar refractivity (Wildman–Crippen MR) is 57.5 cm³/mol. The van der Waals surface area contributed by atoms with Crippen molar-refractivity contribution in [2.75, 3.05) is 17.3 Å². The minimum absolute atomic E-state index is 0. The minimum Gasteiger partial charge on any atom is -0.399 e. The van der Waals surface area contributed by atoms with Crippen LogP contribution in [0.5, 0.6) is 0 Å². The fourth-order valence-corrected chi connectivity index (χ4v) is 1.92. The van der Waals surface area contributed by atoms with E-state index in [9.17, 15) is 9.18 Å². The molecule has 1 aromatic carbocycles. The van der Waals surface area contributed by atoms with E-state index in [0.29, 0.717) is 12.1 Å². The molecule has 1 atom stereocenters. The third kappa shape index (κ3) is 2.06. The quantitative estimate of drug-likeness (QED) is 0.650. The van der Waals surface area contributed by atoms with Crippen LogP contribution in [0.1, 0.15) is 12.5 Å². The van der Waals surface area contributed by atoms with Gasteiger partial charge in [-0.05, 0) is 30.7 Å². The molecule has 86 valence electrons. The van der Waals surface area contributed by atoms with Gasteiger partial charge in [0.05, 0.1) is 12.5 Å². The second kappa shape index (κ2) is 4.85. The Morgan fingerprint density at radius 1 is 1.56 bits per heavy atom. The zero-order valence-corrected chi connectivity index (χ0v) is 9.99. The van der Waals surface area contributed by atoms with Crippen molar-refractivity contribution < 1.29 is 26.3 Å². The van der Waals surface area contributed by atoms with E-state index in [0.717, 1.165) is 11.3 Å². The molecule has 1 aliphatic heterocycles. The topological polar surface area (TPSA) is 46.3 Å². The Morgan fingerprint density at radius 2 is 2.25 bits per heavy atom. The van der Waals surface area contributed by atoms with Gasteiger partial charge in [0.1, 0.15) is 6.67 Å². The van der Waals surface area contributed by atoms with Crippen molar-refractivity contribution in [1.29, 1.82) is 0 Å².